The minimum absolute atomic E-state index is 0.138. The first-order valence-corrected chi connectivity index (χ1v) is 9.23. The Labute approximate surface area is 173 Å². The molecule has 0 aliphatic heterocycles. The molecule has 1 amide bonds. The third-order valence-corrected chi connectivity index (χ3v) is 4.25. The van der Waals surface area contributed by atoms with Gasteiger partial charge in [0.25, 0.3) is 5.91 Å². The van der Waals surface area contributed by atoms with Crippen molar-refractivity contribution in [2.24, 2.45) is 5.10 Å². The van der Waals surface area contributed by atoms with Gasteiger partial charge in [-0.25, -0.2) is 0 Å². The van der Waals surface area contributed by atoms with Crippen LogP contribution < -0.4 is 14.8 Å². The summed E-state index contributed by atoms with van der Waals surface area (Å²) >= 11 is 5.12. The molecule has 2 aromatic carbocycles. The van der Waals surface area contributed by atoms with Crippen molar-refractivity contribution >= 4 is 30.0 Å². The van der Waals surface area contributed by atoms with Crippen molar-refractivity contribution in [3.05, 3.63) is 64.2 Å². The van der Waals surface area contributed by atoms with E-state index in [9.17, 15) is 4.79 Å². The molecule has 29 heavy (non-hydrogen) atoms. The summed E-state index contributed by atoms with van der Waals surface area (Å²) in [5, 5.41) is 13.8. The summed E-state index contributed by atoms with van der Waals surface area (Å²) in [6.45, 7) is 3.62. The van der Waals surface area contributed by atoms with Gasteiger partial charge in [0.2, 0.25) is 4.77 Å². The summed E-state index contributed by atoms with van der Waals surface area (Å²) in [6.07, 6.45) is 1.63. The molecule has 3 rings (SSSR count). The van der Waals surface area contributed by atoms with Gasteiger partial charge in [-0.2, -0.15) is 14.9 Å². The van der Waals surface area contributed by atoms with Gasteiger partial charge in [-0.05, 0) is 67.5 Å². The van der Waals surface area contributed by atoms with Gasteiger partial charge in [0.1, 0.15) is 5.82 Å². The van der Waals surface area contributed by atoms with E-state index in [0.29, 0.717) is 22.1 Å². The molecule has 0 unspecified atom stereocenters. The molecule has 150 valence electrons. The number of carbonyl (C=O) groups is 1. The molecule has 0 saturated heterocycles. The predicted molar refractivity (Wildman–Crippen MR) is 113 cm³/mol. The molecule has 0 atom stereocenters. The van der Waals surface area contributed by atoms with E-state index in [-0.39, 0.29) is 12.5 Å². The smallest absolute Gasteiger partial charge is 0.262 e. The van der Waals surface area contributed by atoms with Gasteiger partial charge in [-0.1, -0.05) is 12.1 Å². The molecule has 1 heterocycles. The first-order chi connectivity index (χ1) is 14.0. The first kappa shape index (κ1) is 20.3. The average Bonchev–Trinajstić information content (AvgIpc) is 3.02. The van der Waals surface area contributed by atoms with Crippen LogP contribution in [-0.2, 0) is 4.79 Å². The number of aromatic nitrogens is 3. The zero-order valence-electron chi connectivity index (χ0n) is 16.3. The van der Waals surface area contributed by atoms with E-state index in [1.54, 1.807) is 31.3 Å². The van der Waals surface area contributed by atoms with Gasteiger partial charge < -0.3 is 14.8 Å². The second-order valence-electron chi connectivity index (χ2n) is 6.25. The van der Waals surface area contributed by atoms with Crippen LogP contribution in [0.3, 0.4) is 0 Å². The van der Waals surface area contributed by atoms with Crippen molar-refractivity contribution < 1.29 is 14.3 Å². The molecule has 1 aromatic heterocycles. The lowest BCUT2D eigenvalue weighted by Crippen LogP contribution is -2.20. The average molecular weight is 411 g/mol. The molecule has 9 heteroatoms. The van der Waals surface area contributed by atoms with E-state index in [1.165, 1.54) is 11.8 Å². The Balaban J connectivity index is 1.66. The molecule has 3 aromatic rings. The highest BCUT2D eigenvalue weighted by atomic mass is 32.1. The van der Waals surface area contributed by atoms with E-state index in [0.717, 1.165) is 16.8 Å². The predicted octanol–water partition coefficient (Wildman–Crippen LogP) is 3.47. The highest BCUT2D eigenvalue weighted by Crippen LogP contribution is 2.27. The van der Waals surface area contributed by atoms with Crippen LogP contribution in [0, 0.1) is 18.6 Å². The van der Waals surface area contributed by atoms with E-state index >= 15 is 0 Å². The van der Waals surface area contributed by atoms with Gasteiger partial charge in [0, 0.05) is 5.69 Å². The molecule has 0 radical (unpaired) electrons. The van der Waals surface area contributed by atoms with Crippen LogP contribution in [0.1, 0.15) is 17.0 Å². The number of nitrogens with one attached hydrogen (secondary N) is 2. The molecule has 0 spiro atoms. The number of carbonyl (C=O) groups excluding carboxylic acids is 1. The van der Waals surface area contributed by atoms with Crippen molar-refractivity contribution in [2.75, 3.05) is 19.0 Å². The van der Waals surface area contributed by atoms with Crippen LogP contribution in [0.25, 0.3) is 0 Å². The number of anilines is 1. The highest BCUT2D eigenvalue weighted by molar-refractivity contribution is 7.71. The number of aromatic amines is 1. The fourth-order valence-electron chi connectivity index (χ4n) is 2.58. The number of H-pyrrole nitrogens is 1. The summed E-state index contributed by atoms with van der Waals surface area (Å²) in [4.78, 5) is 12.1. The monoisotopic (exact) mass is 411 g/mol. The lowest BCUT2D eigenvalue weighted by molar-refractivity contribution is -0.118. The quantitative estimate of drug-likeness (QED) is 0.459. The highest BCUT2D eigenvalue weighted by Gasteiger charge is 2.09. The second-order valence-corrected chi connectivity index (χ2v) is 6.64. The summed E-state index contributed by atoms with van der Waals surface area (Å²) in [7, 11) is 1.53. The topological polar surface area (TPSA) is 93.5 Å². The van der Waals surface area contributed by atoms with Gasteiger partial charge >= 0.3 is 0 Å². The lowest BCUT2D eigenvalue weighted by atomic mass is 10.2. The Morgan fingerprint density at radius 2 is 2.10 bits per heavy atom. The first-order valence-electron chi connectivity index (χ1n) is 8.82. The van der Waals surface area contributed by atoms with Crippen LogP contribution >= 0.6 is 12.2 Å². The fourth-order valence-corrected chi connectivity index (χ4v) is 2.80. The van der Waals surface area contributed by atoms with Crippen molar-refractivity contribution in [2.45, 2.75) is 13.8 Å². The largest absolute Gasteiger partial charge is 0.493 e. The Morgan fingerprint density at radius 3 is 2.79 bits per heavy atom. The molecule has 0 fully saturated rings. The van der Waals surface area contributed by atoms with Crippen LogP contribution in [0.5, 0.6) is 11.5 Å². The maximum Gasteiger partial charge on any atom is 0.262 e. The Kier molecular flexibility index (Phi) is 6.40. The zero-order valence-corrected chi connectivity index (χ0v) is 17.1. The Hall–Kier alpha value is -3.46. The minimum atomic E-state index is -0.256. The Bertz CT molecular complexity index is 1100. The van der Waals surface area contributed by atoms with Crippen molar-refractivity contribution in [3.63, 3.8) is 0 Å². The van der Waals surface area contributed by atoms with Gasteiger partial charge in [0.15, 0.2) is 18.1 Å². The summed E-state index contributed by atoms with van der Waals surface area (Å²) in [6, 6.07) is 12.8. The van der Waals surface area contributed by atoms with Gasteiger partial charge in [-0.15, -0.1) is 0 Å². The van der Waals surface area contributed by atoms with Crippen molar-refractivity contribution in [3.8, 4) is 11.5 Å². The van der Waals surface area contributed by atoms with E-state index in [1.807, 2.05) is 31.2 Å². The standard InChI is InChI=1S/C20H21N5O3S/c1-13-5-4-6-16(9-13)22-19(26)12-28-17-8-7-15(10-18(17)27-3)11-21-25-14(2)23-24-20(25)29/h4-11H,12H2,1-3H3,(H,22,26)(H,24,29)/b21-11+. The second kappa shape index (κ2) is 9.16. The SMILES string of the molecule is COc1cc(/C=N/n2c(C)n[nH]c2=S)ccc1OCC(=O)Nc1cccc(C)c1. The number of hydrogen-bond donors (Lipinski definition) is 2. The number of rotatable bonds is 7. The number of benzene rings is 2. The number of ether oxygens (including phenoxy) is 2. The van der Waals surface area contributed by atoms with Crippen LogP contribution in [-0.4, -0.2) is 40.7 Å². The molecular weight excluding hydrogens is 390 g/mol. The fraction of sp³-hybridized carbons (Fsp3) is 0.200. The van der Waals surface area contributed by atoms with Crippen molar-refractivity contribution in [1.82, 2.24) is 14.9 Å². The van der Waals surface area contributed by atoms with E-state index < -0.39 is 0 Å². The normalized spacial score (nSPS) is 10.9. The van der Waals surface area contributed by atoms with Crippen LogP contribution in [0.2, 0.25) is 0 Å². The maximum atomic E-state index is 12.1. The van der Waals surface area contributed by atoms with E-state index in [2.05, 4.69) is 20.6 Å². The molecule has 2 N–H and O–H groups in total. The molecular formula is C20H21N5O3S. The number of methoxy groups -OCH3 is 1. The summed E-state index contributed by atoms with van der Waals surface area (Å²) in [5.41, 5.74) is 2.57. The number of hydrogen-bond acceptors (Lipinski definition) is 6. The van der Waals surface area contributed by atoms with Gasteiger partial charge in [0.05, 0.1) is 13.3 Å². The zero-order chi connectivity index (χ0) is 20.8. The maximum absolute atomic E-state index is 12.1. The summed E-state index contributed by atoms with van der Waals surface area (Å²) in [5.74, 6) is 1.34. The molecule has 0 bridgehead atoms. The molecule has 0 saturated carbocycles. The van der Waals surface area contributed by atoms with Gasteiger partial charge in [-0.3, -0.25) is 9.89 Å². The number of nitrogens with zero attached hydrogens (tertiary/aromatic N) is 3. The molecule has 0 aliphatic rings. The Morgan fingerprint density at radius 1 is 1.28 bits per heavy atom. The van der Waals surface area contributed by atoms with Crippen molar-refractivity contribution in [1.29, 1.82) is 0 Å². The third kappa shape index (κ3) is 5.29. The lowest BCUT2D eigenvalue weighted by Gasteiger charge is -2.11. The number of amides is 1. The molecule has 8 nitrogen and oxygen atoms in total. The number of aryl methyl sites for hydroxylation is 2. The van der Waals surface area contributed by atoms with Crippen LogP contribution in [0.4, 0.5) is 5.69 Å². The molecule has 0 aliphatic carbocycles. The third-order valence-electron chi connectivity index (χ3n) is 3.98. The minimum Gasteiger partial charge on any atom is -0.493 e. The summed E-state index contributed by atoms with van der Waals surface area (Å²) < 4.78 is 12.9. The van der Waals surface area contributed by atoms with Crippen LogP contribution in [0.15, 0.2) is 47.6 Å². The van der Waals surface area contributed by atoms with E-state index in [4.69, 9.17) is 21.7 Å².